The lowest BCUT2D eigenvalue weighted by molar-refractivity contribution is 0.911. The quantitative estimate of drug-likeness (QED) is 0.526. The van der Waals surface area contributed by atoms with E-state index in [0.717, 1.165) is 12.4 Å². The van der Waals surface area contributed by atoms with Crippen molar-refractivity contribution in [3.05, 3.63) is 11.9 Å². The fraction of sp³-hybridized carbons (Fsp3) is 0.500. The van der Waals surface area contributed by atoms with Gasteiger partial charge in [-0.25, -0.2) is 15.8 Å². The van der Waals surface area contributed by atoms with E-state index in [1.807, 2.05) is 24.9 Å². The van der Waals surface area contributed by atoms with Gasteiger partial charge in [0.25, 0.3) is 0 Å². The van der Waals surface area contributed by atoms with Gasteiger partial charge in [0, 0.05) is 19.7 Å². The standard InChI is InChI=1S/C8H15N5/c1-4-13(3)8-5-7(12-9)10-6(2)11-8/h5H,4,9H2,1-3H3,(H,10,11,12). The molecule has 5 nitrogen and oxygen atoms in total. The number of nitrogen functional groups attached to an aromatic ring is 1. The van der Waals surface area contributed by atoms with Crippen LogP contribution >= 0.6 is 0 Å². The first-order valence-corrected chi connectivity index (χ1v) is 4.20. The maximum Gasteiger partial charge on any atom is 0.145 e. The van der Waals surface area contributed by atoms with Crippen LogP contribution in [0.3, 0.4) is 0 Å². The maximum absolute atomic E-state index is 5.27. The number of nitrogens with two attached hydrogens (primary N) is 1. The SMILES string of the molecule is CCN(C)c1cc(NN)nc(C)n1. The largest absolute Gasteiger partial charge is 0.360 e. The van der Waals surface area contributed by atoms with Crippen LogP contribution in [0, 0.1) is 6.92 Å². The summed E-state index contributed by atoms with van der Waals surface area (Å²) in [5.41, 5.74) is 2.51. The minimum atomic E-state index is 0.641. The average molecular weight is 181 g/mol. The first-order valence-electron chi connectivity index (χ1n) is 4.20. The summed E-state index contributed by atoms with van der Waals surface area (Å²) in [6.45, 7) is 4.81. The fourth-order valence-electron chi connectivity index (χ4n) is 0.983. The second kappa shape index (κ2) is 4.04. The van der Waals surface area contributed by atoms with Crippen LogP contribution in [0.1, 0.15) is 12.7 Å². The van der Waals surface area contributed by atoms with Gasteiger partial charge in [0.05, 0.1) is 0 Å². The van der Waals surface area contributed by atoms with E-state index in [1.54, 1.807) is 0 Å². The van der Waals surface area contributed by atoms with E-state index in [1.165, 1.54) is 0 Å². The number of hydrogen-bond acceptors (Lipinski definition) is 5. The van der Waals surface area contributed by atoms with Crippen LogP contribution < -0.4 is 16.2 Å². The van der Waals surface area contributed by atoms with E-state index in [9.17, 15) is 0 Å². The molecule has 1 heterocycles. The van der Waals surface area contributed by atoms with Gasteiger partial charge in [0.1, 0.15) is 17.5 Å². The van der Waals surface area contributed by atoms with Crippen LogP contribution in [0.25, 0.3) is 0 Å². The van der Waals surface area contributed by atoms with Crippen molar-refractivity contribution in [2.75, 3.05) is 23.9 Å². The molecule has 0 radical (unpaired) electrons. The van der Waals surface area contributed by atoms with E-state index in [4.69, 9.17) is 5.84 Å². The summed E-state index contributed by atoms with van der Waals surface area (Å²) < 4.78 is 0. The summed E-state index contributed by atoms with van der Waals surface area (Å²) in [5.74, 6) is 7.50. The number of anilines is 2. The van der Waals surface area contributed by atoms with Crippen LogP contribution in [0.2, 0.25) is 0 Å². The third-order valence-corrected chi connectivity index (χ3v) is 1.84. The van der Waals surface area contributed by atoms with Gasteiger partial charge in [-0.2, -0.15) is 0 Å². The van der Waals surface area contributed by atoms with Gasteiger partial charge in [-0.05, 0) is 13.8 Å². The molecule has 0 aliphatic heterocycles. The van der Waals surface area contributed by atoms with E-state index < -0.39 is 0 Å². The summed E-state index contributed by atoms with van der Waals surface area (Å²) in [6, 6.07) is 1.82. The molecule has 1 aromatic heterocycles. The molecule has 1 rings (SSSR count). The molecule has 0 bridgehead atoms. The molecule has 1 aromatic rings. The Morgan fingerprint density at radius 2 is 2.23 bits per heavy atom. The monoisotopic (exact) mass is 181 g/mol. The molecular weight excluding hydrogens is 166 g/mol. The Bertz CT molecular complexity index is 286. The van der Waals surface area contributed by atoms with Crippen LogP contribution in [-0.2, 0) is 0 Å². The van der Waals surface area contributed by atoms with Gasteiger partial charge in [-0.3, -0.25) is 0 Å². The summed E-state index contributed by atoms with van der Waals surface area (Å²) in [5, 5.41) is 0. The molecular formula is C8H15N5. The molecule has 0 spiro atoms. The number of rotatable bonds is 3. The normalized spacial score (nSPS) is 9.85. The van der Waals surface area contributed by atoms with Crippen molar-refractivity contribution in [1.82, 2.24) is 9.97 Å². The summed E-state index contributed by atoms with van der Waals surface area (Å²) >= 11 is 0. The zero-order valence-corrected chi connectivity index (χ0v) is 8.20. The first-order chi connectivity index (χ1) is 6.17. The van der Waals surface area contributed by atoms with Gasteiger partial charge in [0.2, 0.25) is 0 Å². The van der Waals surface area contributed by atoms with Crippen molar-refractivity contribution < 1.29 is 0 Å². The first kappa shape index (κ1) is 9.73. The number of hydrogen-bond donors (Lipinski definition) is 2. The predicted octanol–water partition coefficient (Wildman–Crippen LogP) is 0.527. The van der Waals surface area contributed by atoms with Crippen molar-refractivity contribution in [1.29, 1.82) is 0 Å². The highest BCUT2D eigenvalue weighted by atomic mass is 15.3. The van der Waals surface area contributed by atoms with Crippen molar-refractivity contribution in [2.45, 2.75) is 13.8 Å². The molecule has 0 unspecified atom stereocenters. The molecule has 5 heteroatoms. The Labute approximate surface area is 78.0 Å². The van der Waals surface area contributed by atoms with Gasteiger partial charge in [-0.15, -0.1) is 0 Å². The molecule has 0 aliphatic rings. The van der Waals surface area contributed by atoms with Crippen LogP contribution in [0.5, 0.6) is 0 Å². The lowest BCUT2D eigenvalue weighted by Crippen LogP contribution is -2.19. The van der Waals surface area contributed by atoms with Gasteiger partial charge in [-0.1, -0.05) is 0 Å². The molecule has 3 N–H and O–H groups in total. The molecule has 0 saturated carbocycles. The van der Waals surface area contributed by atoms with E-state index in [2.05, 4.69) is 22.3 Å². The van der Waals surface area contributed by atoms with Crippen molar-refractivity contribution >= 4 is 11.6 Å². The molecule has 0 aliphatic carbocycles. The number of aryl methyl sites for hydroxylation is 1. The summed E-state index contributed by atoms with van der Waals surface area (Å²) in [4.78, 5) is 10.4. The zero-order chi connectivity index (χ0) is 9.84. The molecule has 0 aromatic carbocycles. The highest BCUT2D eigenvalue weighted by Gasteiger charge is 2.03. The molecule has 13 heavy (non-hydrogen) atoms. The second-order valence-electron chi connectivity index (χ2n) is 2.82. The minimum Gasteiger partial charge on any atom is -0.360 e. The average Bonchev–Trinajstić information content (AvgIpc) is 2.15. The number of nitrogens with zero attached hydrogens (tertiary/aromatic N) is 3. The predicted molar refractivity (Wildman–Crippen MR) is 53.5 cm³/mol. The van der Waals surface area contributed by atoms with Crippen LogP contribution in [-0.4, -0.2) is 23.6 Å². The fourth-order valence-corrected chi connectivity index (χ4v) is 0.983. The molecule has 72 valence electrons. The van der Waals surface area contributed by atoms with Crippen LogP contribution in [0.15, 0.2) is 6.07 Å². The van der Waals surface area contributed by atoms with Crippen LogP contribution in [0.4, 0.5) is 11.6 Å². The molecule has 0 fully saturated rings. The van der Waals surface area contributed by atoms with Gasteiger partial charge in [0.15, 0.2) is 0 Å². The molecule has 0 saturated heterocycles. The Hall–Kier alpha value is -1.36. The zero-order valence-electron chi connectivity index (χ0n) is 8.20. The lowest BCUT2D eigenvalue weighted by Gasteiger charge is -2.16. The summed E-state index contributed by atoms with van der Waals surface area (Å²) in [6.07, 6.45) is 0. The van der Waals surface area contributed by atoms with Gasteiger partial charge < -0.3 is 10.3 Å². The Morgan fingerprint density at radius 3 is 2.77 bits per heavy atom. The highest BCUT2D eigenvalue weighted by Crippen LogP contribution is 2.12. The Balaban J connectivity index is 3.01. The smallest absolute Gasteiger partial charge is 0.145 e. The number of nitrogens with one attached hydrogen (secondary N) is 1. The third-order valence-electron chi connectivity index (χ3n) is 1.84. The lowest BCUT2D eigenvalue weighted by atomic mass is 10.4. The van der Waals surface area contributed by atoms with E-state index in [-0.39, 0.29) is 0 Å². The summed E-state index contributed by atoms with van der Waals surface area (Å²) in [7, 11) is 1.97. The van der Waals surface area contributed by atoms with E-state index >= 15 is 0 Å². The highest BCUT2D eigenvalue weighted by molar-refractivity contribution is 5.48. The minimum absolute atomic E-state index is 0.641. The number of hydrazine groups is 1. The maximum atomic E-state index is 5.27. The topological polar surface area (TPSA) is 67.1 Å². The van der Waals surface area contributed by atoms with Gasteiger partial charge >= 0.3 is 0 Å². The second-order valence-corrected chi connectivity index (χ2v) is 2.82. The third kappa shape index (κ3) is 2.29. The van der Waals surface area contributed by atoms with Crippen molar-refractivity contribution in [3.8, 4) is 0 Å². The molecule has 0 amide bonds. The Morgan fingerprint density at radius 1 is 1.54 bits per heavy atom. The Kier molecular flexibility index (Phi) is 3.02. The molecule has 0 atom stereocenters. The van der Waals surface area contributed by atoms with E-state index in [0.29, 0.717) is 11.6 Å². The number of aromatic nitrogens is 2. The van der Waals surface area contributed by atoms with Crippen molar-refractivity contribution in [2.24, 2.45) is 5.84 Å². The van der Waals surface area contributed by atoms with Crippen molar-refractivity contribution in [3.63, 3.8) is 0 Å².